The Morgan fingerprint density at radius 3 is 2.74 bits per heavy atom. The van der Waals surface area contributed by atoms with Crippen LogP contribution < -0.4 is 15.8 Å². The molecule has 0 aliphatic heterocycles. The van der Waals surface area contributed by atoms with E-state index >= 15 is 0 Å². The van der Waals surface area contributed by atoms with Crippen molar-refractivity contribution in [2.24, 2.45) is 5.73 Å². The number of hydrogen-bond donors (Lipinski definition) is 2. The number of nitrogens with two attached hydrogens (primary N) is 1. The van der Waals surface area contributed by atoms with Crippen LogP contribution in [-0.4, -0.2) is 31.5 Å². The maximum absolute atomic E-state index is 13.9. The maximum Gasteiger partial charge on any atom is 0.341 e. The third-order valence-corrected chi connectivity index (χ3v) is 5.36. The first-order valence-electron chi connectivity index (χ1n) is 8.15. The van der Waals surface area contributed by atoms with Crippen LogP contribution in [0.3, 0.4) is 0 Å². The molecular weight excluding hydrogens is 375 g/mol. The highest BCUT2D eigenvalue weighted by molar-refractivity contribution is 7.17. The molecule has 2 aromatic rings. The molecule has 142 valence electrons. The first-order valence-corrected chi connectivity index (χ1v) is 8.97. The largest absolute Gasteiger partial charge is 0.497 e. The van der Waals surface area contributed by atoms with Crippen molar-refractivity contribution in [1.82, 2.24) is 0 Å². The number of fused-ring (bicyclic) bond motifs is 1. The molecule has 3 rings (SSSR count). The van der Waals surface area contributed by atoms with E-state index in [1.165, 1.54) is 30.6 Å². The summed E-state index contributed by atoms with van der Waals surface area (Å²) in [4.78, 5) is 36.8. The van der Waals surface area contributed by atoms with Crippen LogP contribution in [0.1, 0.15) is 37.6 Å². The first-order chi connectivity index (χ1) is 12.9. The summed E-state index contributed by atoms with van der Waals surface area (Å²) >= 11 is 1.30. The van der Waals surface area contributed by atoms with Gasteiger partial charge in [-0.15, -0.1) is 11.3 Å². The zero-order valence-corrected chi connectivity index (χ0v) is 15.3. The summed E-state index contributed by atoms with van der Waals surface area (Å²) in [6.07, 6.45) is 2.52. The molecule has 0 saturated heterocycles. The van der Waals surface area contributed by atoms with Crippen LogP contribution in [0.25, 0.3) is 0 Å². The van der Waals surface area contributed by atoms with E-state index in [1.54, 1.807) is 0 Å². The van der Waals surface area contributed by atoms with E-state index in [9.17, 15) is 18.8 Å². The summed E-state index contributed by atoms with van der Waals surface area (Å²) in [7, 11) is 1.37. The van der Waals surface area contributed by atoms with Crippen LogP contribution >= 0.6 is 11.3 Å². The minimum atomic E-state index is -0.978. The second-order valence-corrected chi connectivity index (χ2v) is 7.00. The van der Waals surface area contributed by atoms with E-state index in [0.29, 0.717) is 10.6 Å². The van der Waals surface area contributed by atoms with Gasteiger partial charge in [0.25, 0.3) is 11.8 Å². The fourth-order valence-electron chi connectivity index (χ4n) is 2.91. The number of ether oxygens (including phenoxy) is 2. The van der Waals surface area contributed by atoms with Gasteiger partial charge in [0.15, 0.2) is 6.61 Å². The Labute approximate surface area is 158 Å². The molecule has 7 nitrogen and oxygen atoms in total. The number of esters is 1. The van der Waals surface area contributed by atoms with Crippen molar-refractivity contribution in [2.75, 3.05) is 19.0 Å². The Bertz CT molecular complexity index is 925. The van der Waals surface area contributed by atoms with Crippen molar-refractivity contribution in [1.29, 1.82) is 0 Å². The summed E-state index contributed by atoms with van der Waals surface area (Å²) in [5, 5.41) is 2.90. The number of benzene rings is 1. The van der Waals surface area contributed by atoms with Gasteiger partial charge in [-0.25, -0.2) is 9.18 Å². The van der Waals surface area contributed by atoms with Gasteiger partial charge >= 0.3 is 5.97 Å². The van der Waals surface area contributed by atoms with Crippen LogP contribution in [-0.2, 0) is 22.4 Å². The zero-order chi connectivity index (χ0) is 19.6. The quantitative estimate of drug-likeness (QED) is 0.734. The third-order valence-electron chi connectivity index (χ3n) is 4.15. The number of halogens is 1. The van der Waals surface area contributed by atoms with Crippen molar-refractivity contribution in [3.8, 4) is 5.75 Å². The predicted octanol–water partition coefficient (Wildman–Crippen LogP) is 2.28. The highest BCUT2D eigenvalue weighted by atomic mass is 32.1. The molecule has 1 aromatic heterocycles. The smallest absolute Gasteiger partial charge is 0.341 e. The van der Waals surface area contributed by atoms with Crippen LogP contribution in [0.2, 0.25) is 0 Å². The van der Waals surface area contributed by atoms with E-state index in [4.69, 9.17) is 15.2 Å². The Morgan fingerprint density at radius 2 is 2.07 bits per heavy atom. The number of nitrogens with one attached hydrogen (secondary N) is 1. The van der Waals surface area contributed by atoms with E-state index in [1.807, 2.05) is 0 Å². The maximum atomic E-state index is 13.9. The molecule has 0 spiro atoms. The predicted molar refractivity (Wildman–Crippen MR) is 96.7 cm³/mol. The average Bonchev–Trinajstić information content (AvgIpc) is 3.19. The third kappa shape index (κ3) is 3.92. The summed E-state index contributed by atoms with van der Waals surface area (Å²) in [5.41, 5.74) is 6.31. The van der Waals surface area contributed by atoms with Crippen molar-refractivity contribution in [2.45, 2.75) is 19.3 Å². The van der Waals surface area contributed by atoms with Gasteiger partial charge in [-0.3, -0.25) is 9.59 Å². The standard InChI is InChI=1S/C18H17FN2O5S/c1-25-9-5-6-10(12(19)7-9)18(24)26-8-14(22)21-17-15(16(20)23)11-3-2-4-13(11)27-17/h5-7H,2-4,8H2,1H3,(H2,20,23)(H,21,22). The van der Waals surface area contributed by atoms with Gasteiger partial charge in [0.05, 0.1) is 18.2 Å². The van der Waals surface area contributed by atoms with Gasteiger partial charge in [-0.05, 0) is 37.0 Å². The molecule has 9 heteroatoms. The van der Waals surface area contributed by atoms with Crippen LogP contribution in [0.5, 0.6) is 5.75 Å². The number of anilines is 1. The normalized spacial score (nSPS) is 12.4. The topological polar surface area (TPSA) is 108 Å². The minimum Gasteiger partial charge on any atom is -0.497 e. The monoisotopic (exact) mass is 392 g/mol. The molecule has 1 aromatic carbocycles. The van der Waals surface area contributed by atoms with E-state index in [2.05, 4.69) is 5.32 Å². The molecule has 0 atom stereocenters. The number of hydrogen-bond acceptors (Lipinski definition) is 6. The lowest BCUT2D eigenvalue weighted by Crippen LogP contribution is -2.23. The number of methoxy groups -OCH3 is 1. The van der Waals surface area contributed by atoms with Gasteiger partial charge in [-0.2, -0.15) is 0 Å². The molecule has 1 aliphatic rings. The lowest BCUT2D eigenvalue weighted by molar-refractivity contribution is -0.119. The fraction of sp³-hybridized carbons (Fsp3) is 0.278. The molecule has 3 N–H and O–H groups in total. The lowest BCUT2D eigenvalue weighted by atomic mass is 10.1. The van der Waals surface area contributed by atoms with Gasteiger partial charge in [0.1, 0.15) is 16.6 Å². The Morgan fingerprint density at radius 1 is 1.30 bits per heavy atom. The Balaban J connectivity index is 1.64. The van der Waals surface area contributed by atoms with Crippen molar-refractivity contribution < 1.29 is 28.2 Å². The molecule has 0 fully saturated rings. The van der Waals surface area contributed by atoms with Crippen LogP contribution in [0.15, 0.2) is 18.2 Å². The molecule has 1 aliphatic carbocycles. The van der Waals surface area contributed by atoms with Gasteiger partial charge in [-0.1, -0.05) is 0 Å². The number of rotatable bonds is 6. The van der Waals surface area contributed by atoms with Crippen molar-refractivity contribution in [3.05, 3.63) is 45.6 Å². The second-order valence-electron chi connectivity index (χ2n) is 5.90. The summed E-state index contributed by atoms with van der Waals surface area (Å²) < 4.78 is 23.6. The molecule has 0 radical (unpaired) electrons. The molecular formula is C18H17FN2O5S. The highest BCUT2D eigenvalue weighted by Crippen LogP contribution is 2.38. The molecule has 0 bridgehead atoms. The van der Waals surface area contributed by atoms with Crippen molar-refractivity contribution >= 4 is 34.1 Å². The van der Waals surface area contributed by atoms with E-state index in [0.717, 1.165) is 35.8 Å². The highest BCUT2D eigenvalue weighted by Gasteiger charge is 2.26. The summed E-state index contributed by atoms with van der Waals surface area (Å²) in [5.74, 6) is -2.78. The van der Waals surface area contributed by atoms with E-state index < -0.39 is 30.2 Å². The number of aryl methyl sites for hydroxylation is 1. The first kappa shape index (κ1) is 18.8. The second kappa shape index (κ2) is 7.75. The Kier molecular flexibility index (Phi) is 5.41. The molecule has 1 heterocycles. The van der Waals surface area contributed by atoms with Crippen LogP contribution in [0.4, 0.5) is 9.39 Å². The summed E-state index contributed by atoms with van der Waals surface area (Å²) in [6, 6.07) is 3.67. The molecule has 27 heavy (non-hydrogen) atoms. The number of carbonyl (C=O) groups excluding carboxylic acids is 3. The number of amides is 2. The molecule has 0 saturated carbocycles. The van der Waals surface area contributed by atoms with Gasteiger partial charge in [0.2, 0.25) is 0 Å². The fourth-order valence-corrected chi connectivity index (χ4v) is 4.22. The average molecular weight is 392 g/mol. The Hall–Kier alpha value is -2.94. The van der Waals surface area contributed by atoms with Gasteiger partial charge < -0.3 is 20.5 Å². The molecule has 2 amide bonds. The number of carbonyl (C=O) groups is 3. The van der Waals surface area contributed by atoms with Gasteiger partial charge in [0, 0.05) is 10.9 Å². The number of primary amides is 1. The minimum absolute atomic E-state index is 0.256. The lowest BCUT2D eigenvalue weighted by Gasteiger charge is -2.08. The SMILES string of the molecule is COc1ccc(C(=O)OCC(=O)Nc2sc3c(c2C(N)=O)CCC3)c(F)c1. The van der Waals surface area contributed by atoms with E-state index in [-0.39, 0.29) is 11.3 Å². The number of thiophene rings is 1. The molecule has 0 unspecified atom stereocenters. The van der Waals surface area contributed by atoms with Crippen LogP contribution in [0, 0.1) is 5.82 Å². The summed E-state index contributed by atoms with van der Waals surface area (Å²) in [6.45, 7) is -0.620. The van der Waals surface area contributed by atoms with Crippen molar-refractivity contribution in [3.63, 3.8) is 0 Å². The zero-order valence-electron chi connectivity index (χ0n) is 14.5.